The third-order valence-corrected chi connectivity index (χ3v) is 5.16. The highest BCUT2D eigenvalue weighted by molar-refractivity contribution is 5.94. The number of nitrogens with two attached hydrogens (primary N) is 1. The van der Waals surface area contributed by atoms with Gasteiger partial charge in [-0.2, -0.15) is 0 Å². The Hall–Kier alpha value is -2.12. The minimum absolute atomic E-state index is 0.0199. The summed E-state index contributed by atoms with van der Waals surface area (Å²) in [6.07, 6.45) is 2.90. The van der Waals surface area contributed by atoms with Gasteiger partial charge in [0.1, 0.15) is 5.75 Å². The van der Waals surface area contributed by atoms with Gasteiger partial charge in [0, 0.05) is 19.0 Å². The first-order valence-corrected chi connectivity index (χ1v) is 9.27. The molecule has 0 bridgehead atoms. The largest absolute Gasteiger partial charge is 0.482 e. The van der Waals surface area contributed by atoms with E-state index in [0.29, 0.717) is 44.3 Å². The van der Waals surface area contributed by atoms with Gasteiger partial charge < -0.3 is 25.4 Å². The Morgan fingerprint density at radius 1 is 1.23 bits per heavy atom. The zero-order valence-corrected chi connectivity index (χ0v) is 15.0. The molecule has 0 aromatic heterocycles. The standard InChI is InChI=1S/C19H27N3O4/c20-12-14-4-3-5-15(14)19(24)21-16-6-1-2-7-17(16)26-13-18(23)22-8-10-25-11-9-22/h1-2,6-7,14-15H,3-5,8-13,20H2,(H,21,24)/t14-,15-/m1/s1. The lowest BCUT2D eigenvalue weighted by Crippen LogP contribution is -2.43. The number of carbonyl (C=O) groups excluding carboxylic acids is 2. The first-order valence-electron chi connectivity index (χ1n) is 9.27. The second kappa shape index (κ2) is 9.00. The molecule has 0 unspecified atom stereocenters. The summed E-state index contributed by atoms with van der Waals surface area (Å²) in [4.78, 5) is 26.6. The zero-order chi connectivity index (χ0) is 18.4. The van der Waals surface area contributed by atoms with E-state index in [2.05, 4.69) is 5.32 Å². The van der Waals surface area contributed by atoms with Crippen LogP contribution in [0.5, 0.6) is 5.75 Å². The van der Waals surface area contributed by atoms with E-state index in [1.54, 1.807) is 17.0 Å². The normalized spacial score (nSPS) is 22.9. The van der Waals surface area contributed by atoms with Crippen LogP contribution in [0.4, 0.5) is 5.69 Å². The molecular weight excluding hydrogens is 334 g/mol. The van der Waals surface area contributed by atoms with Crippen molar-refractivity contribution in [2.24, 2.45) is 17.6 Å². The fraction of sp³-hybridized carbons (Fsp3) is 0.579. The van der Waals surface area contributed by atoms with Crippen molar-refractivity contribution >= 4 is 17.5 Å². The van der Waals surface area contributed by atoms with Gasteiger partial charge in [0.15, 0.2) is 6.61 Å². The van der Waals surface area contributed by atoms with Crippen LogP contribution in [0.25, 0.3) is 0 Å². The van der Waals surface area contributed by atoms with Gasteiger partial charge in [-0.25, -0.2) is 0 Å². The molecule has 1 aliphatic heterocycles. The highest BCUT2D eigenvalue weighted by Crippen LogP contribution is 2.33. The second-order valence-corrected chi connectivity index (χ2v) is 6.80. The van der Waals surface area contributed by atoms with Crippen LogP contribution in [-0.2, 0) is 14.3 Å². The lowest BCUT2D eigenvalue weighted by molar-refractivity contribution is -0.137. The maximum atomic E-state index is 12.6. The van der Waals surface area contributed by atoms with Gasteiger partial charge in [-0.3, -0.25) is 9.59 Å². The average Bonchev–Trinajstić information content (AvgIpc) is 3.16. The molecule has 1 aromatic rings. The molecule has 1 saturated carbocycles. The lowest BCUT2D eigenvalue weighted by Gasteiger charge is -2.27. The lowest BCUT2D eigenvalue weighted by atomic mass is 9.95. The van der Waals surface area contributed by atoms with Crippen LogP contribution in [-0.4, -0.2) is 56.2 Å². The van der Waals surface area contributed by atoms with Gasteiger partial charge in [0.25, 0.3) is 5.91 Å². The summed E-state index contributed by atoms with van der Waals surface area (Å²) in [7, 11) is 0. The van der Waals surface area contributed by atoms with Gasteiger partial charge in [0.05, 0.1) is 18.9 Å². The van der Waals surface area contributed by atoms with E-state index in [-0.39, 0.29) is 30.3 Å². The molecular formula is C19H27N3O4. The number of benzene rings is 1. The fourth-order valence-electron chi connectivity index (χ4n) is 3.63. The number of hydrogen-bond donors (Lipinski definition) is 2. The van der Waals surface area contributed by atoms with E-state index < -0.39 is 0 Å². The first kappa shape index (κ1) is 18.7. The minimum atomic E-state index is -0.0755. The topological polar surface area (TPSA) is 93.9 Å². The monoisotopic (exact) mass is 361 g/mol. The van der Waals surface area contributed by atoms with Gasteiger partial charge in [0.2, 0.25) is 5.91 Å². The van der Waals surface area contributed by atoms with Crippen molar-refractivity contribution in [3.8, 4) is 5.75 Å². The van der Waals surface area contributed by atoms with Crippen LogP contribution in [0.15, 0.2) is 24.3 Å². The number of nitrogens with zero attached hydrogens (tertiary/aromatic N) is 1. The Kier molecular flexibility index (Phi) is 6.46. The predicted octanol–water partition coefficient (Wildman–Crippen LogP) is 1.24. The molecule has 142 valence electrons. The number of rotatable bonds is 6. The zero-order valence-electron chi connectivity index (χ0n) is 15.0. The van der Waals surface area contributed by atoms with Crippen LogP contribution >= 0.6 is 0 Å². The van der Waals surface area contributed by atoms with Crippen LogP contribution in [0.3, 0.4) is 0 Å². The maximum Gasteiger partial charge on any atom is 0.260 e. The van der Waals surface area contributed by atoms with E-state index >= 15 is 0 Å². The van der Waals surface area contributed by atoms with Crippen molar-refractivity contribution in [1.29, 1.82) is 0 Å². The number of anilines is 1. The third kappa shape index (κ3) is 4.53. The number of amides is 2. The number of para-hydroxylation sites is 2. The molecule has 1 aliphatic carbocycles. The molecule has 2 atom stereocenters. The Labute approximate surface area is 153 Å². The first-order chi connectivity index (χ1) is 12.7. The number of morpholine rings is 1. The Balaban J connectivity index is 1.59. The fourth-order valence-corrected chi connectivity index (χ4v) is 3.63. The van der Waals surface area contributed by atoms with Crippen molar-refractivity contribution < 1.29 is 19.1 Å². The third-order valence-electron chi connectivity index (χ3n) is 5.16. The molecule has 0 spiro atoms. The van der Waals surface area contributed by atoms with Gasteiger partial charge in [-0.05, 0) is 37.4 Å². The Morgan fingerprint density at radius 2 is 2.00 bits per heavy atom. The molecule has 1 heterocycles. The number of ether oxygens (including phenoxy) is 2. The van der Waals surface area contributed by atoms with Crippen molar-refractivity contribution in [1.82, 2.24) is 4.90 Å². The van der Waals surface area contributed by atoms with Crippen LogP contribution in [0.2, 0.25) is 0 Å². The van der Waals surface area contributed by atoms with Crippen molar-refractivity contribution in [2.45, 2.75) is 19.3 Å². The number of nitrogens with one attached hydrogen (secondary N) is 1. The summed E-state index contributed by atoms with van der Waals surface area (Å²) in [5, 5.41) is 2.96. The van der Waals surface area contributed by atoms with Gasteiger partial charge in [-0.15, -0.1) is 0 Å². The van der Waals surface area contributed by atoms with Crippen LogP contribution in [0.1, 0.15) is 19.3 Å². The summed E-state index contributed by atoms with van der Waals surface area (Å²) in [6.45, 7) is 2.77. The van der Waals surface area contributed by atoms with Crippen molar-refractivity contribution in [3.05, 3.63) is 24.3 Å². The summed E-state index contributed by atoms with van der Waals surface area (Å²) >= 11 is 0. The summed E-state index contributed by atoms with van der Waals surface area (Å²) in [6, 6.07) is 7.21. The highest BCUT2D eigenvalue weighted by atomic mass is 16.5. The molecule has 26 heavy (non-hydrogen) atoms. The smallest absolute Gasteiger partial charge is 0.260 e. The molecule has 2 aliphatic rings. The van der Waals surface area contributed by atoms with E-state index in [0.717, 1.165) is 19.3 Å². The molecule has 2 amide bonds. The molecule has 3 rings (SSSR count). The average molecular weight is 361 g/mol. The summed E-state index contributed by atoms with van der Waals surface area (Å²) in [5.74, 6) is 0.598. The molecule has 3 N–H and O–H groups in total. The van der Waals surface area contributed by atoms with Crippen LogP contribution < -0.4 is 15.8 Å². The van der Waals surface area contributed by atoms with Gasteiger partial charge >= 0.3 is 0 Å². The SMILES string of the molecule is NC[C@H]1CCC[C@H]1C(=O)Nc1ccccc1OCC(=O)N1CCOCC1. The van der Waals surface area contributed by atoms with E-state index in [9.17, 15) is 9.59 Å². The van der Waals surface area contributed by atoms with Crippen molar-refractivity contribution in [3.63, 3.8) is 0 Å². The number of carbonyl (C=O) groups is 2. The van der Waals surface area contributed by atoms with Crippen molar-refractivity contribution in [2.75, 3.05) is 44.8 Å². The molecule has 7 heteroatoms. The Bertz CT molecular complexity index is 631. The van der Waals surface area contributed by atoms with E-state index in [4.69, 9.17) is 15.2 Å². The maximum absolute atomic E-state index is 12.6. The highest BCUT2D eigenvalue weighted by Gasteiger charge is 2.32. The Morgan fingerprint density at radius 3 is 2.77 bits per heavy atom. The molecule has 7 nitrogen and oxygen atoms in total. The predicted molar refractivity (Wildman–Crippen MR) is 97.9 cm³/mol. The molecule has 1 aromatic carbocycles. The molecule has 2 fully saturated rings. The molecule has 0 radical (unpaired) electrons. The van der Waals surface area contributed by atoms with Gasteiger partial charge in [-0.1, -0.05) is 18.6 Å². The van der Waals surface area contributed by atoms with Crippen LogP contribution in [0, 0.1) is 11.8 Å². The number of hydrogen-bond acceptors (Lipinski definition) is 5. The quantitative estimate of drug-likeness (QED) is 0.795. The van der Waals surface area contributed by atoms with E-state index in [1.807, 2.05) is 12.1 Å². The molecule has 1 saturated heterocycles. The van der Waals surface area contributed by atoms with E-state index in [1.165, 1.54) is 0 Å². The minimum Gasteiger partial charge on any atom is -0.482 e. The summed E-state index contributed by atoms with van der Waals surface area (Å²) in [5.41, 5.74) is 6.37. The summed E-state index contributed by atoms with van der Waals surface area (Å²) < 4.78 is 10.9. The second-order valence-electron chi connectivity index (χ2n) is 6.80.